The standard InChI is InChI=1S/C16H33NO3S/c1-3-4-8-19-9-10-20-13-15(18)12-17-14-6-5-7-16(11-14)21-2/h14-18H,3-13H2,1-2H3. The van der Waals surface area contributed by atoms with Gasteiger partial charge in [-0.2, -0.15) is 11.8 Å². The third-order valence-electron chi connectivity index (χ3n) is 3.93. The van der Waals surface area contributed by atoms with Crippen LogP contribution < -0.4 is 5.32 Å². The molecule has 0 aliphatic heterocycles. The summed E-state index contributed by atoms with van der Waals surface area (Å²) < 4.78 is 10.8. The highest BCUT2D eigenvalue weighted by Gasteiger charge is 2.21. The van der Waals surface area contributed by atoms with Crippen LogP contribution in [0, 0.1) is 0 Å². The van der Waals surface area contributed by atoms with Crippen molar-refractivity contribution in [3.8, 4) is 0 Å². The van der Waals surface area contributed by atoms with Crippen molar-refractivity contribution in [3.63, 3.8) is 0 Å². The first-order valence-corrected chi connectivity index (χ1v) is 9.64. The summed E-state index contributed by atoms with van der Waals surface area (Å²) in [6.45, 7) is 5.17. The zero-order chi connectivity index (χ0) is 15.3. The molecule has 1 aliphatic carbocycles. The van der Waals surface area contributed by atoms with Gasteiger partial charge in [-0.3, -0.25) is 0 Å². The molecule has 0 aromatic carbocycles. The summed E-state index contributed by atoms with van der Waals surface area (Å²) in [7, 11) is 0. The van der Waals surface area contributed by atoms with E-state index in [-0.39, 0.29) is 0 Å². The van der Waals surface area contributed by atoms with E-state index in [1.807, 2.05) is 11.8 Å². The fourth-order valence-corrected chi connectivity index (χ4v) is 3.42. The Morgan fingerprint density at radius 1 is 1.24 bits per heavy atom. The second kappa shape index (κ2) is 12.7. The third kappa shape index (κ3) is 9.74. The molecule has 1 rings (SSSR count). The van der Waals surface area contributed by atoms with E-state index in [1.165, 1.54) is 25.7 Å². The molecule has 21 heavy (non-hydrogen) atoms. The van der Waals surface area contributed by atoms with Crippen molar-refractivity contribution in [2.24, 2.45) is 0 Å². The lowest BCUT2D eigenvalue weighted by Crippen LogP contribution is -2.40. The molecule has 0 aromatic rings. The van der Waals surface area contributed by atoms with Gasteiger partial charge in [0.1, 0.15) is 0 Å². The van der Waals surface area contributed by atoms with Crippen molar-refractivity contribution in [1.82, 2.24) is 5.32 Å². The lowest BCUT2D eigenvalue weighted by molar-refractivity contribution is 0.00291. The first kappa shape index (κ1) is 19.2. The zero-order valence-electron chi connectivity index (χ0n) is 13.7. The van der Waals surface area contributed by atoms with Gasteiger partial charge in [0, 0.05) is 24.4 Å². The molecule has 4 nitrogen and oxygen atoms in total. The van der Waals surface area contributed by atoms with Gasteiger partial charge >= 0.3 is 0 Å². The summed E-state index contributed by atoms with van der Waals surface area (Å²) in [5, 5.41) is 14.2. The van der Waals surface area contributed by atoms with Gasteiger partial charge in [0.15, 0.2) is 0 Å². The van der Waals surface area contributed by atoms with Crippen LogP contribution in [0.1, 0.15) is 45.4 Å². The number of aliphatic hydroxyl groups excluding tert-OH is 1. The van der Waals surface area contributed by atoms with Crippen LogP contribution in [0.4, 0.5) is 0 Å². The van der Waals surface area contributed by atoms with Crippen LogP contribution in [0.25, 0.3) is 0 Å². The Hall–Kier alpha value is 0.190. The Labute approximate surface area is 134 Å². The summed E-state index contributed by atoms with van der Waals surface area (Å²) in [5.74, 6) is 0. The highest BCUT2D eigenvalue weighted by atomic mass is 32.2. The lowest BCUT2D eigenvalue weighted by atomic mass is 9.95. The number of hydrogen-bond donors (Lipinski definition) is 2. The Kier molecular flexibility index (Phi) is 11.6. The Balaban J connectivity index is 1.94. The maximum atomic E-state index is 9.91. The molecule has 126 valence electrons. The fraction of sp³-hybridized carbons (Fsp3) is 1.00. The molecule has 0 saturated heterocycles. The average Bonchev–Trinajstić information content (AvgIpc) is 2.52. The molecule has 0 bridgehead atoms. The van der Waals surface area contributed by atoms with E-state index in [4.69, 9.17) is 9.47 Å². The Morgan fingerprint density at radius 2 is 2.05 bits per heavy atom. The van der Waals surface area contributed by atoms with Crippen LogP contribution in [-0.4, -0.2) is 61.7 Å². The molecule has 0 amide bonds. The average molecular weight is 320 g/mol. The smallest absolute Gasteiger partial charge is 0.0897 e. The molecular weight excluding hydrogens is 286 g/mol. The first-order chi connectivity index (χ1) is 10.3. The predicted octanol–water partition coefficient (Wildman–Crippen LogP) is 2.44. The van der Waals surface area contributed by atoms with E-state index in [9.17, 15) is 5.11 Å². The number of nitrogens with one attached hydrogen (secondary N) is 1. The molecule has 1 aliphatic rings. The molecule has 5 heteroatoms. The molecule has 0 spiro atoms. The van der Waals surface area contributed by atoms with E-state index in [0.29, 0.717) is 32.4 Å². The molecule has 0 radical (unpaired) electrons. The van der Waals surface area contributed by atoms with E-state index in [1.54, 1.807) is 0 Å². The zero-order valence-corrected chi connectivity index (χ0v) is 14.5. The number of unbranched alkanes of at least 4 members (excludes halogenated alkanes) is 1. The van der Waals surface area contributed by atoms with Gasteiger partial charge < -0.3 is 19.9 Å². The summed E-state index contributed by atoms with van der Waals surface area (Å²) in [6.07, 6.45) is 9.12. The number of ether oxygens (including phenoxy) is 2. The molecule has 1 saturated carbocycles. The van der Waals surface area contributed by atoms with Crippen molar-refractivity contribution in [1.29, 1.82) is 0 Å². The maximum absolute atomic E-state index is 9.91. The van der Waals surface area contributed by atoms with Crippen molar-refractivity contribution < 1.29 is 14.6 Å². The normalized spacial score (nSPS) is 24.1. The van der Waals surface area contributed by atoms with Gasteiger partial charge in [-0.1, -0.05) is 19.8 Å². The van der Waals surface area contributed by atoms with Crippen LogP contribution in [0.15, 0.2) is 0 Å². The minimum absolute atomic E-state index is 0.392. The number of aliphatic hydroxyl groups is 1. The minimum atomic E-state index is -0.421. The fourth-order valence-electron chi connectivity index (χ4n) is 2.59. The van der Waals surface area contributed by atoms with E-state index in [2.05, 4.69) is 18.5 Å². The van der Waals surface area contributed by atoms with E-state index < -0.39 is 6.10 Å². The molecule has 1 fully saturated rings. The second-order valence-corrected chi connectivity index (χ2v) is 6.96. The Bertz CT molecular complexity index is 244. The quantitative estimate of drug-likeness (QED) is 0.541. The molecule has 3 atom stereocenters. The number of hydrogen-bond acceptors (Lipinski definition) is 5. The lowest BCUT2D eigenvalue weighted by Gasteiger charge is -2.29. The predicted molar refractivity (Wildman–Crippen MR) is 90.1 cm³/mol. The van der Waals surface area contributed by atoms with Crippen molar-refractivity contribution in [3.05, 3.63) is 0 Å². The molecule has 0 aromatic heterocycles. The molecule has 0 heterocycles. The van der Waals surface area contributed by atoms with E-state index >= 15 is 0 Å². The second-order valence-electron chi connectivity index (χ2n) is 5.82. The highest BCUT2D eigenvalue weighted by Crippen LogP contribution is 2.26. The third-order valence-corrected chi connectivity index (χ3v) is 5.02. The van der Waals surface area contributed by atoms with Gasteiger partial charge in [-0.25, -0.2) is 0 Å². The van der Waals surface area contributed by atoms with Gasteiger partial charge in [0.05, 0.1) is 25.9 Å². The SMILES string of the molecule is CCCCOCCOCC(O)CNC1CCCC(SC)C1. The van der Waals surface area contributed by atoms with Gasteiger partial charge in [-0.15, -0.1) is 0 Å². The molecule has 3 unspecified atom stereocenters. The van der Waals surface area contributed by atoms with Crippen molar-refractivity contribution in [2.45, 2.75) is 62.8 Å². The van der Waals surface area contributed by atoms with Crippen LogP contribution in [0.5, 0.6) is 0 Å². The van der Waals surface area contributed by atoms with Crippen LogP contribution in [-0.2, 0) is 9.47 Å². The van der Waals surface area contributed by atoms with Crippen LogP contribution >= 0.6 is 11.8 Å². The van der Waals surface area contributed by atoms with E-state index in [0.717, 1.165) is 24.7 Å². The number of thioether (sulfide) groups is 1. The van der Waals surface area contributed by atoms with Gasteiger partial charge in [0.25, 0.3) is 0 Å². The highest BCUT2D eigenvalue weighted by molar-refractivity contribution is 7.99. The number of rotatable bonds is 12. The topological polar surface area (TPSA) is 50.7 Å². The summed E-state index contributed by atoms with van der Waals surface area (Å²) >= 11 is 1.97. The summed E-state index contributed by atoms with van der Waals surface area (Å²) in [4.78, 5) is 0. The minimum Gasteiger partial charge on any atom is -0.389 e. The van der Waals surface area contributed by atoms with Crippen LogP contribution in [0.2, 0.25) is 0 Å². The first-order valence-electron chi connectivity index (χ1n) is 8.36. The van der Waals surface area contributed by atoms with Gasteiger partial charge in [-0.05, 0) is 31.9 Å². The largest absolute Gasteiger partial charge is 0.389 e. The Morgan fingerprint density at radius 3 is 2.81 bits per heavy atom. The molecule has 2 N–H and O–H groups in total. The molecular formula is C16H33NO3S. The van der Waals surface area contributed by atoms with Crippen molar-refractivity contribution in [2.75, 3.05) is 39.2 Å². The summed E-state index contributed by atoms with van der Waals surface area (Å²) in [6, 6.07) is 0.559. The van der Waals surface area contributed by atoms with Crippen LogP contribution in [0.3, 0.4) is 0 Å². The maximum Gasteiger partial charge on any atom is 0.0897 e. The van der Waals surface area contributed by atoms with Gasteiger partial charge in [0.2, 0.25) is 0 Å². The summed E-state index contributed by atoms with van der Waals surface area (Å²) in [5.41, 5.74) is 0. The van der Waals surface area contributed by atoms with Crippen molar-refractivity contribution >= 4 is 11.8 Å². The monoisotopic (exact) mass is 319 g/mol.